The van der Waals surface area contributed by atoms with E-state index in [1.807, 2.05) is 0 Å². The van der Waals surface area contributed by atoms with Crippen molar-refractivity contribution in [3.63, 3.8) is 0 Å². The fraction of sp³-hybridized carbons (Fsp3) is 0.381. The Labute approximate surface area is 153 Å². The third kappa shape index (κ3) is 3.91. The number of carbonyl (C=O) groups is 1. The maximum atomic E-state index is 12.7. The summed E-state index contributed by atoms with van der Waals surface area (Å²) in [5, 5.41) is 3.31. The molecule has 25 heavy (non-hydrogen) atoms. The number of hydrogen-bond donors (Lipinski definition) is 1. The number of thioether (sulfide) groups is 1. The topological polar surface area (TPSA) is 32.3 Å². The van der Waals surface area contributed by atoms with Crippen molar-refractivity contribution in [1.29, 1.82) is 0 Å². The van der Waals surface area contributed by atoms with Crippen LogP contribution in [0, 0.1) is 6.92 Å². The van der Waals surface area contributed by atoms with Gasteiger partial charge in [-0.25, -0.2) is 0 Å². The first-order valence-electron chi connectivity index (χ1n) is 9.00. The summed E-state index contributed by atoms with van der Waals surface area (Å²) in [5.74, 6) is 0.199. The summed E-state index contributed by atoms with van der Waals surface area (Å²) in [6.07, 6.45) is 1.90. The van der Waals surface area contributed by atoms with E-state index in [9.17, 15) is 4.79 Å². The minimum Gasteiger partial charge on any atom is -0.351 e. The molecule has 0 aliphatic carbocycles. The zero-order valence-corrected chi connectivity index (χ0v) is 15.4. The molecule has 4 rings (SSSR count). The molecular formula is C21H24N2OS. The van der Waals surface area contributed by atoms with E-state index in [1.54, 1.807) is 11.8 Å². The molecule has 0 radical (unpaired) electrons. The predicted molar refractivity (Wildman–Crippen MR) is 103 cm³/mol. The van der Waals surface area contributed by atoms with Gasteiger partial charge in [0.25, 0.3) is 0 Å². The molecule has 2 heterocycles. The van der Waals surface area contributed by atoms with Gasteiger partial charge in [-0.1, -0.05) is 48.0 Å². The second kappa shape index (κ2) is 7.22. The molecule has 2 aliphatic heterocycles. The Balaban J connectivity index is 1.29. The summed E-state index contributed by atoms with van der Waals surface area (Å²) in [6, 6.07) is 17.3. The lowest BCUT2D eigenvalue weighted by Crippen LogP contribution is -2.41. The van der Waals surface area contributed by atoms with Gasteiger partial charge in [0, 0.05) is 30.6 Å². The third-order valence-electron chi connectivity index (χ3n) is 5.06. The van der Waals surface area contributed by atoms with Crippen molar-refractivity contribution in [3.8, 4) is 0 Å². The second-order valence-corrected chi connectivity index (χ2v) is 8.38. The van der Waals surface area contributed by atoms with Gasteiger partial charge < -0.3 is 5.32 Å². The molecule has 130 valence electrons. The number of rotatable bonds is 4. The summed E-state index contributed by atoms with van der Waals surface area (Å²) < 4.78 is 0. The molecule has 2 aliphatic rings. The van der Waals surface area contributed by atoms with Gasteiger partial charge in [0.15, 0.2) is 0 Å². The van der Waals surface area contributed by atoms with Crippen molar-refractivity contribution in [2.75, 3.05) is 13.1 Å². The Morgan fingerprint density at radius 2 is 2.08 bits per heavy atom. The molecule has 1 N–H and O–H groups in total. The molecule has 2 atom stereocenters. The number of benzene rings is 2. The number of amides is 1. The Hall–Kier alpha value is -1.78. The van der Waals surface area contributed by atoms with Crippen LogP contribution >= 0.6 is 11.8 Å². The summed E-state index contributed by atoms with van der Waals surface area (Å²) >= 11 is 1.72. The maximum absolute atomic E-state index is 12.7. The first kappa shape index (κ1) is 16.7. The average molecular weight is 353 g/mol. The highest BCUT2D eigenvalue weighted by Gasteiger charge is 2.31. The van der Waals surface area contributed by atoms with Crippen LogP contribution in [0.1, 0.15) is 23.1 Å². The number of aryl methyl sites for hydroxylation is 1. The number of carbonyl (C=O) groups excluding carboxylic acids is 1. The standard InChI is InChI=1S/C21H24N2OS/c1-15-7-8-17-12-20(25-19(17)11-15)21(24)22-18-9-10-23(14-18)13-16-5-3-2-4-6-16/h2-8,11,18,20H,9-10,12-14H2,1H3,(H,22,24). The lowest BCUT2D eigenvalue weighted by Gasteiger charge is -2.18. The van der Waals surface area contributed by atoms with Gasteiger partial charge in [0.1, 0.15) is 0 Å². The molecule has 2 aromatic rings. The largest absolute Gasteiger partial charge is 0.351 e. The molecule has 0 bridgehead atoms. The van der Waals surface area contributed by atoms with Crippen LogP contribution in [0.15, 0.2) is 53.4 Å². The normalized spacial score (nSPS) is 22.8. The quantitative estimate of drug-likeness (QED) is 0.915. The highest BCUT2D eigenvalue weighted by Crippen LogP contribution is 2.37. The zero-order chi connectivity index (χ0) is 17.2. The van der Waals surface area contributed by atoms with Crippen LogP contribution in [0.5, 0.6) is 0 Å². The van der Waals surface area contributed by atoms with E-state index < -0.39 is 0 Å². The number of nitrogens with one attached hydrogen (secondary N) is 1. The predicted octanol–water partition coefficient (Wildman–Crippen LogP) is 3.40. The average Bonchev–Trinajstić information content (AvgIpc) is 3.22. The van der Waals surface area contributed by atoms with Crippen molar-refractivity contribution < 1.29 is 4.79 Å². The lowest BCUT2D eigenvalue weighted by molar-refractivity contribution is -0.121. The second-order valence-electron chi connectivity index (χ2n) is 7.14. The molecule has 0 saturated carbocycles. The summed E-state index contributed by atoms with van der Waals surface area (Å²) in [6.45, 7) is 5.07. The number of likely N-dealkylation sites (tertiary alicyclic amines) is 1. The Morgan fingerprint density at radius 3 is 2.92 bits per heavy atom. The van der Waals surface area contributed by atoms with Crippen LogP contribution in [0.2, 0.25) is 0 Å². The molecule has 2 unspecified atom stereocenters. The molecule has 0 spiro atoms. The molecule has 0 aromatic heterocycles. The van der Waals surface area contributed by atoms with Gasteiger partial charge >= 0.3 is 0 Å². The number of fused-ring (bicyclic) bond motifs is 1. The van der Waals surface area contributed by atoms with Crippen LogP contribution in [-0.4, -0.2) is 35.2 Å². The van der Waals surface area contributed by atoms with Gasteiger partial charge in [0.2, 0.25) is 5.91 Å². The van der Waals surface area contributed by atoms with E-state index in [0.29, 0.717) is 0 Å². The molecule has 2 aromatic carbocycles. The van der Waals surface area contributed by atoms with E-state index in [0.717, 1.165) is 32.5 Å². The Bertz CT molecular complexity index is 762. The van der Waals surface area contributed by atoms with Crippen LogP contribution < -0.4 is 5.32 Å². The van der Waals surface area contributed by atoms with Crippen LogP contribution in [-0.2, 0) is 17.8 Å². The molecule has 3 nitrogen and oxygen atoms in total. The van der Waals surface area contributed by atoms with E-state index in [4.69, 9.17) is 0 Å². The van der Waals surface area contributed by atoms with Gasteiger partial charge in [-0.05, 0) is 37.0 Å². The van der Waals surface area contributed by atoms with Crippen molar-refractivity contribution >= 4 is 17.7 Å². The maximum Gasteiger partial charge on any atom is 0.234 e. The molecule has 1 saturated heterocycles. The molecule has 4 heteroatoms. The molecule has 1 fully saturated rings. The summed E-state index contributed by atoms with van der Waals surface area (Å²) in [4.78, 5) is 16.4. The van der Waals surface area contributed by atoms with Gasteiger partial charge in [-0.2, -0.15) is 0 Å². The van der Waals surface area contributed by atoms with Gasteiger partial charge in [0.05, 0.1) is 5.25 Å². The van der Waals surface area contributed by atoms with Crippen LogP contribution in [0.25, 0.3) is 0 Å². The third-order valence-corrected chi connectivity index (χ3v) is 6.36. The van der Waals surface area contributed by atoms with Crippen LogP contribution in [0.3, 0.4) is 0 Å². The fourth-order valence-corrected chi connectivity index (χ4v) is 5.01. The highest BCUT2D eigenvalue weighted by atomic mass is 32.2. The summed E-state index contributed by atoms with van der Waals surface area (Å²) in [7, 11) is 0. The van der Waals surface area contributed by atoms with Crippen molar-refractivity contribution in [2.45, 2.75) is 42.5 Å². The number of hydrogen-bond acceptors (Lipinski definition) is 3. The van der Waals surface area contributed by atoms with Gasteiger partial charge in [-0.15, -0.1) is 11.8 Å². The smallest absolute Gasteiger partial charge is 0.234 e. The van der Waals surface area contributed by atoms with Crippen molar-refractivity contribution in [2.24, 2.45) is 0 Å². The zero-order valence-electron chi connectivity index (χ0n) is 14.6. The van der Waals surface area contributed by atoms with Gasteiger partial charge in [-0.3, -0.25) is 9.69 Å². The monoisotopic (exact) mass is 352 g/mol. The Morgan fingerprint density at radius 1 is 1.24 bits per heavy atom. The fourth-order valence-electron chi connectivity index (χ4n) is 3.71. The minimum atomic E-state index is 0.0278. The SMILES string of the molecule is Cc1ccc2c(c1)SC(C(=O)NC1CCN(Cc3ccccc3)C1)C2. The minimum absolute atomic E-state index is 0.0278. The van der Waals surface area contributed by atoms with E-state index in [-0.39, 0.29) is 17.2 Å². The number of nitrogens with zero attached hydrogens (tertiary/aromatic N) is 1. The van der Waals surface area contributed by atoms with Crippen molar-refractivity contribution in [3.05, 3.63) is 65.2 Å². The van der Waals surface area contributed by atoms with Crippen LogP contribution in [0.4, 0.5) is 0 Å². The van der Waals surface area contributed by atoms with E-state index in [1.165, 1.54) is 21.6 Å². The Kier molecular flexibility index (Phi) is 4.82. The molecular weight excluding hydrogens is 328 g/mol. The molecule has 1 amide bonds. The van der Waals surface area contributed by atoms with Crippen molar-refractivity contribution in [1.82, 2.24) is 10.2 Å². The summed E-state index contributed by atoms with van der Waals surface area (Å²) in [5.41, 5.74) is 3.92. The highest BCUT2D eigenvalue weighted by molar-refractivity contribution is 8.01. The first-order chi connectivity index (χ1) is 12.2. The first-order valence-corrected chi connectivity index (χ1v) is 9.88. The van der Waals surface area contributed by atoms with E-state index in [2.05, 4.69) is 65.7 Å². The van der Waals surface area contributed by atoms with E-state index >= 15 is 0 Å². The lowest BCUT2D eigenvalue weighted by atomic mass is 10.1.